The molecule has 7 heteroatoms. The van der Waals surface area contributed by atoms with Gasteiger partial charge in [-0.2, -0.15) is 0 Å². The molecule has 0 aromatic rings. The fourth-order valence-corrected chi connectivity index (χ4v) is 1.40. The second-order valence-electron chi connectivity index (χ2n) is 4.38. The molecule has 0 aliphatic rings. The van der Waals surface area contributed by atoms with Crippen molar-refractivity contribution in [2.24, 2.45) is 5.92 Å². The van der Waals surface area contributed by atoms with Gasteiger partial charge in [-0.3, -0.25) is 14.9 Å². The molecule has 0 saturated heterocycles. The van der Waals surface area contributed by atoms with Crippen molar-refractivity contribution in [2.75, 3.05) is 26.8 Å². The topological polar surface area (TPSA) is 95.9 Å². The zero-order valence-corrected chi connectivity index (χ0v) is 11.6. The van der Waals surface area contributed by atoms with E-state index < -0.39 is 17.9 Å². The van der Waals surface area contributed by atoms with Crippen molar-refractivity contribution >= 4 is 17.9 Å². The largest absolute Gasteiger partial charge is 0.481 e. The van der Waals surface area contributed by atoms with Crippen LogP contribution in [-0.4, -0.2) is 54.7 Å². The first-order chi connectivity index (χ1) is 8.86. The molecule has 0 bridgehead atoms. The summed E-state index contributed by atoms with van der Waals surface area (Å²) in [6, 6.07) is -0.507. The third-order valence-electron chi connectivity index (χ3n) is 2.43. The summed E-state index contributed by atoms with van der Waals surface area (Å²) in [5.74, 6) is -1.73. The Labute approximate surface area is 112 Å². The molecule has 0 rings (SSSR count). The molecule has 0 radical (unpaired) electrons. The van der Waals surface area contributed by atoms with Gasteiger partial charge in [0, 0.05) is 33.0 Å². The molecule has 3 amide bonds. The number of imide groups is 1. The maximum absolute atomic E-state index is 11.6. The number of urea groups is 1. The molecule has 0 aliphatic carbocycles. The standard InChI is InChI=1S/C12H22N2O5/c1-4-19-6-5-14(3)12(18)13-10(15)7-9(2)8-11(16)17/h9H,4-8H2,1-3H3,(H,16,17)(H,13,15,18). The van der Waals surface area contributed by atoms with Gasteiger partial charge in [-0.25, -0.2) is 4.79 Å². The van der Waals surface area contributed by atoms with E-state index in [-0.39, 0.29) is 18.8 Å². The highest BCUT2D eigenvalue weighted by molar-refractivity contribution is 5.94. The Kier molecular flexibility index (Phi) is 8.52. The van der Waals surface area contributed by atoms with Gasteiger partial charge in [0.25, 0.3) is 0 Å². The van der Waals surface area contributed by atoms with Crippen LogP contribution in [0.15, 0.2) is 0 Å². The minimum absolute atomic E-state index is 0.0112. The lowest BCUT2D eigenvalue weighted by atomic mass is 10.0. The lowest BCUT2D eigenvalue weighted by Gasteiger charge is -2.17. The number of carboxylic acids is 1. The smallest absolute Gasteiger partial charge is 0.323 e. The van der Waals surface area contributed by atoms with Crippen LogP contribution in [0.25, 0.3) is 0 Å². The van der Waals surface area contributed by atoms with Crippen LogP contribution < -0.4 is 5.32 Å². The molecule has 0 aliphatic heterocycles. The van der Waals surface area contributed by atoms with Gasteiger partial charge < -0.3 is 14.7 Å². The molecule has 0 aromatic carbocycles. The molecular formula is C12H22N2O5. The number of amides is 3. The van der Waals surface area contributed by atoms with Gasteiger partial charge in [0.1, 0.15) is 0 Å². The van der Waals surface area contributed by atoms with Crippen LogP contribution in [0.4, 0.5) is 4.79 Å². The molecular weight excluding hydrogens is 252 g/mol. The average molecular weight is 274 g/mol. The number of aliphatic carboxylic acids is 1. The number of hydrogen-bond donors (Lipinski definition) is 2. The molecule has 0 fully saturated rings. The molecule has 0 heterocycles. The van der Waals surface area contributed by atoms with Crippen LogP contribution in [-0.2, 0) is 14.3 Å². The summed E-state index contributed by atoms with van der Waals surface area (Å²) in [5, 5.41) is 10.8. The van der Waals surface area contributed by atoms with Crippen LogP contribution in [0.3, 0.4) is 0 Å². The summed E-state index contributed by atoms with van der Waals surface area (Å²) in [4.78, 5) is 34.9. The van der Waals surface area contributed by atoms with Crippen LogP contribution in [0.1, 0.15) is 26.7 Å². The number of hydrogen-bond acceptors (Lipinski definition) is 4. The molecule has 2 N–H and O–H groups in total. The second-order valence-corrected chi connectivity index (χ2v) is 4.38. The first kappa shape index (κ1) is 17.4. The average Bonchev–Trinajstić information content (AvgIpc) is 2.27. The second kappa shape index (κ2) is 9.32. The molecule has 0 spiro atoms. The van der Waals surface area contributed by atoms with Gasteiger partial charge in [0.05, 0.1) is 6.61 Å². The molecule has 110 valence electrons. The zero-order valence-electron chi connectivity index (χ0n) is 11.6. The van der Waals surface area contributed by atoms with E-state index in [9.17, 15) is 14.4 Å². The summed E-state index contributed by atoms with van der Waals surface area (Å²) in [7, 11) is 1.56. The van der Waals surface area contributed by atoms with Crippen LogP contribution >= 0.6 is 0 Å². The Morgan fingerprint density at radius 1 is 1.32 bits per heavy atom. The highest BCUT2D eigenvalue weighted by atomic mass is 16.5. The van der Waals surface area contributed by atoms with Crippen molar-refractivity contribution < 1.29 is 24.2 Å². The first-order valence-electron chi connectivity index (χ1n) is 6.21. The number of carbonyl (C=O) groups excluding carboxylic acids is 2. The fourth-order valence-electron chi connectivity index (χ4n) is 1.40. The van der Waals surface area contributed by atoms with Gasteiger partial charge in [-0.1, -0.05) is 6.92 Å². The van der Waals surface area contributed by atoms with Gasteiger partial charge in [0.2, 0.25) is 5.91 Å². The van der Waals surface area contributed by atoms with E-state index in [0.29, 0.717) is 19.8 Å². The van der Waals surface area contributed by atoms with E-state index in [4.69, 9.17) is 9.84 Å². The minimum atomic E-state index is -0.958. The van der Waals surface area contributed by atoms with E-state index in [2.05, 4.69) is 5.32 Å². The predicted molar refractivity (Wildman–Crippen MR) is 68.7 cm³/mol. The zero-order chi connectivity index (χ0) is 14.8. The van der Waals surface area contributed by atoms with E-state index in [1.165, 1.54) is 4.90 Å². The van der Waals surface area contributed by atoms with E-state index >= 15 is 0 Å². The Bertz CT molecular complexity index is 319. The molecule has 1 atom stereocenters. The van der Waals surface area contributed by atoms with Crippen LogP contribution in [0.5, 0.6) is 0 Å². The number of nitrogens with zero attached hydrogens (tertiary/aromatic N) is 1. The SMILES string of the molecule is CCOCCN(C)C(=O)NC(=O)CC(C)CC(=O)O. The van der Waals surface area contributed by atoms with Gasteiger partial charge in [0.15, 0.2) is 0 Å². The molecule has 19 heavy (non-hydrogen) atoms. The summed E-state index contributed by atoms with van der Waals surface area (Å²) < 4.78 is 5.10. The number of likely N-dealkylation sites (N-methyl/N-ethyl adjacent to an activating group) is 1. The highest BCUT2D eigenvalue weighted by Gasteiger charge is 2.16. The van der Waals surface area contributed by atoms with E-state index in [0.717, 1.165) is 0 Å². The summed E-state index contributed by atoms with van der Waals surface area (Å²) >= 11 is 0. The van der Waals surface area contributed by atoms with Crippen LogP contribution in [0.2, 0.25) is 0 Å². The molecule has 0 aromatic heterocycles. The number of nitrogens with one attached hydrogen (secondary N) is 1. The number of ether oxygens (including phenoxy) is 1. The Balaban J connectivity index is 3.97. The maximum atomic E-state index is 11.6. The normalized spacial score (nSPS) is 11.7. The minimum Gasteiger partial charge on any atom is -0.481 e. The number of carboxylic acid groups (broad SMARTS) is 1. The Hall–Kier alpha value is -1.63. The van der Waals surface area contributed by atoms with E-state index in [1.54, 1.807) is 14.0 Å². The fraction of sp³-hybridized carbons (Fsp3) is 0.750. The van der Waals surface area contributed by atoms with Crippen molar-refractivity contribution in [3.05, 3.63) is 0 Å². The van der Waals surface area contributed by atoms with E-state index in [1.807, 2.05) is 6.92 Å². The van der Waals surface area contributed by atoms with Crippen molar-refractivity contribution in [1.29, 1.82) is 0 Å². The van der Waals surface area contributed by atoms with Crippen molar-refractivity contribution in [2.45, 2.75) is 26.7 Å². The van der Waals surface area contributed by atoms with Crippen molar-refractivity contribution in [1.82, 2.24) is 10.2 Å². The monoisotopic (exact) mass is 274 g/mol. The Morgan fingerprint density at radius 3 is 2.47 bits per heavy atom. The van der Waals surface area contributed by atoms with Gasteiger partial charge in [-0.15, -0.1) is 0 Å². The quantitative estimate of drug-likeness (QED) is 0.635. The molecule has 1 unspecified atom stereocenters. The number of rotatable bonds is 8. The van der Waals surface area contributed by atoms with Crippen molar-refractivity contribution in [3.8, 4) is 0 Å². The van der Waals surface area contributed by atoms with Crippen molar-refractivity contribution in [3.63, 3.8) is 0 Å². The van der Waals surface area contributed by atoms with Crippen LogP contribution in [0, 0.1) is 5.92 Å². The molecule has 0 saturated carbocycles. The Morgan fingerprint density at radius 2 is 1.95 bits per heavy atom. The first-order valence-corrected chi connectivity index (χ1v) is 6.21. The lowest BCUT2D eigenvalue weighted by Crippen LogP contribution is -2.42. The molecule has 7 nitrogen and oxygen atoms in total. The van der Waals surface area contributed by atoms with Gasteiger partial charge >= 0.3 is 12.0 Å². The van der Waals surface area contributed by atoms with Gasteiger partial charge in [-0.05, 0) is 12.8 Å². The lowest BCUT2D eigenvalue weighted by molar-refractivity contribution is -0.138. The third kappa shape index (κ3) is 9.01. The third-order valence-corrected chi connectivity index (χ3v) is 2.43. The predicted octanol–water partition coefficient (Wildman–Crippen LogP) is 0.692. The maximum Gasteiger partial charge on any atom is 0.323 e. The summed E-state index contributed by atoms with van der Waals surface area (Å²) in [6.45, 7) is 4.87. The summed E-state index contributed by atoms with van der Waals surface area (Å²) in [6.07, 6.45) is -0.0842. The highest BCUT2D eigenvalue weighted by Crippen LogP contribution is 2.06. The summed E-state index contributed by atoms with van der Waals surface area (Å²) in [5.41, 5.74) is 0. The number of carbonyl (C=O) groups is 3.